The minimum absolute atomic E-state index is 0.00157. The normalized spacial score (nSPS) is 13.7. The van der Waals surface area contributed by atoms with Gasteiger partial charge in [0.2, 0.25) is 5.88 Å². The van der Waals surface area contributed by atoms with E-state index >= 15 is 0 Å². The van der Waals surface area contributed by atoms with E-state index in [1.165, 1.54) is 31.9 Å². The molecule has 0 bridgehead atoms. The molecule has 4 heterocycles. The smallest absolute Gasteiger partial charge is 0.292 e. The largest absolute Gasteiger partial charge is 0.480 e. The maximum Gasteiger partial charge on any atom is 0.292 e. The average Bonchev–Trinajstić information content (AvgIpc) is 3.72. The molecule has 35 heavy (non-hydrogen) atoms. The molecule has 0 spiro atoms. The number of hydrogen-bond acceptors (Lipinski definition) is 11. The highest BCUT2D eigenvalue weighted by Crippen LogP contribution is 2.44. The summed E-state index contributed by atoms with van der Waals surface area (Å²) in [5, 5.41) is 2.93. The van der Waals surface area contributed by atoms with E-state index < -0.39 is 15.4 Å². The zero-order valence-corrected chi connectivity index (χ0v) is 19.8. The lowest BCUT2D eigenvalue weighted by molar-refractivity contribution is 0.397. The molecular weight excluding hydrogens is 472 g/mol. The van der Waals surface area contributed by atoms with Crippen LogP contribution in [0.4, 0.5) is 5.82 Å². The number of methoxy groups -OCH3 is 1. The van der Waals surface area contributed by atoms with Crippen LogP contribution in [-0.2, 0) is 16.4 Å². The van der Waals surface area contributed by atoms with E-state index in [9.17, 15) is 13.2 Å². The first-order chi connectivity index (χ1) is 16.9. The van der Waals surface area contributed by atoms with Crippen LogP contribution < -0.4 is 15.6 Å². The topological polar surface area (TPSA) is 166 Å². The van der Waals surface area contributed by atoms with Gasteiger partial charge in [0, 0.05) is 12.1 Å². The fourth-order valence-corrected chi connectivity index (χ4v) is 4.40. The third-order valence-electron chi connectivity index (χ3n) is 5.65. The predicted molar refractivity (Wildman–Crippen MR) is 127 cm³/mol. The number of H-pyrrole nitrogens is 1. The van der Waals surface area contributed by atoms with Gasteiger partial charge in [0.15, 0.2) is 27.1 Å². The van der Waals surface area contributed by atoms with Gasteiger partial charge in [-0.15, -0.1) is 0 Å². The van der Waals surface area contributed by atoms with E-state index in [0.717, 1.165) is 18.5 Å². The Bertz CT molecular complexity index is 1570. The van der Waals surface area contributed by atoms with Gasteiger partial charge in [-0.1, -0.05) is 6.92 Å². The lowest BCUT2D eigenvalue weighted by atomic mass is 10.1. The molecule has 2 N–H and O–H groups in total. The number of hydrogen-bond donors (Lipinski definition) is 2. The van der Waals surface area contributed by atoms with Gasteiger partial charge in [-0.2, -0.15) is 0 Å². The molecule has 0 unspecified atom stereocenters. The number of anilines is 1. The molecule has 1 aliphatic rings. The van der Waals surface area contributed by atoms with Gasteiger partial charge >= 0.3 is 0 Å². The van der Waals surface area contributed by atoms with E-state index in [4.69, 9.17) is 4.74 Å². The van der Waals surface area contributed by atoms with Crippen molar-refractivity contribution in [1.82, 2.24) is 34.9 Å². The van der Waals surface area contributed by atoms with Crippen molar-refractivity contribution in [2.45, 2.75) is 37.1 Å². The molecule has 1 saturated carbocycles. The third kappa shape index (κ3) is 4.54. The molecule has 12 nitrogen and oxygen atoms in total. The van der Waals surface area contributed by atoms with Gasteiger partial charge in [0.25, 0.3) is 5.56 Å². The number of nitrogens with zero attached hydrogens (tertiary/aromatic N) is 6. The molecule has 4 aromatic heterocycles. The Labute approximate surface area is 200 Å². The lowest BCUT2D eigenvalue weighted by Gasteiger charge is -2.11. The summed E-state index contributed by atoms with van der Waals surface area (Å²) in [5.74, 6) is 1.11. The SMILES string of the molecule is CCS(=O)(=O)c1ccc(CNc2nc3cnc(-c4c(OC)ncnc4C4CC4)nc3[nH]c2=O)nc1. The summed E-state index contributed by atoms with van der Waals surface area (Å²) in [5.41, 5.74) is 2.18. The minimum atomic E-state index is -3.33. The average molecular weight is 495 g/mol. The van der Waals surface area contributed by atoms with Crippen LogP contribution in [0.25, 0.3) is 22.6 Å². The van der Waals surface area contributed by atoms with Crippen LogP contribution in [-0.4, -0.2) is 56.2 Å². The molecule has 0 radical (unpaired) electrons. The predicted octanol–water partition coefficient (Wildman–Crippen LogP) is 1.86. The van der Waals surface area contributed by atoms with Gasteiger partial charge < -0.3 is 15.0 Å². The van der Waals surface area contributed by atoms with Gasteiger partial charge in [-0.05, 0) is 25.0 Å². The monoisotopic (exact) mass is 494 g/mol. The first-order valence-corrected chi connectivity index (χ1v) is 12.6. The minimum Gasteiger partial charge on any atom is -0.480 e. The molecular formula is C22H22N8O4S. The van der Waals surface area contributed by atoms with E-state index in [0.29, 0.717) is 34.4 Å². The Hall–Kier alpha value is -4.00. The van der Waals surface area contributed by atoms with Crippen LogP contribution in [0.1, 0.15) is 37.1 Å². The summed E-state index contributed by atoms with van der Waals surface area (Å²) >= 11 is 0. The zero-order valence-electron chi connectivity index (χ0n) is 19.0. The highest BCUT2D eigenvalue weighted by Gasteiger charge is 2.31. The molecule has 0 aromatic carbocycles. The number of pyridine rings is 1. The summed E-state index contributed by atoms with van der Waals surface area (Å²) < 4.78 is 29.3. The van der Waals surface area contributed by atoms with Crippen LogP contribution in [0.15, 0.2) is 40.5 Å². The number of nitrogens with one attached hydrogen (secondary N) is 2. The second-order valence-corrected chi connectivity index (χ2v) is 10.3. The third-order valence-corrected chi connectivity index (χ3v) is 7.37. The molecule has 1 aliphatic carbocycles. The number of sulfone groups is 1. The first kappa shape index (κ1) is 22.8. The second kappa shape index (κ2) is 8.98. The molecule has 0 saturated heterocycles. The van der Waals surface area contributed by atoms with Gasteiger partial charge in [-0.3, -0.25) is 9.78 Å². The number of aromatic amines is 1. The van der Waals surface area contributed by atoms with Gasteiger partial charge in [0.1, 0.15) is 17.4 Å². The summed E-state index contributed by atoms with van der Waals surface area (Å²) in [6.07, 6.45) is 6.34. The van der Waals surface area contributed by atoms with Crippen molar-refractivity contribution in [1.29, 1.82) is 0 Å². The Kier molecular flexibility index (Phi) is 5.84. The standard InChI is InChI=1S/C22H22N8O4S/c1-3-35(32,33)14-7-6-13(23-9-14)8-24-20-21(31)30-18-15(28-20)10-25-19(29-18)16-17(12-4-5-12)26-11-27-22(16)34-2/h6-7,9-12H,3-5,8H2,1-2H3,(H,24,28)(H,25,29,30,31). The summed E-state index contributed by atoms with van der Waals surface area (Å²) in [6, 6.07) is 3.08. The van der Waals surface area contributed by atoms with Crippen molar-refractivity contribution in [3.63, 3.8) is 0 Å². The Morgan fingerprint density at radius 1 is 1.11 bits per heavy atom. The fourth-order valence-electron chi connectivity index (χ4n) is 3.58. The molecule has 0 aliphatic heterocycles. The lowest BCUT2D eigenvalue weighted by Crippen LogP contribution is -2.17. The van der Waals surface area contributed by atoms with Crippen LogP contribution in [0.5, 0.6) is 5.88 Å². The first-order valence-electron chi connectivity index (χ1n) is 11.0. The van der Waals surface area contributed by atoms with E-state index in [-0.39, 0.29) is 28.7 Å². The molecule has 180 valence electrons. The van der Waals surface area contributed by atoms with Crippen LogP contribution >= 0.6 is 0 Å². The maximum atomic E-state index is 12.6. The van der Waals surface area contributed by atoms with Crippen LogP contribution in [0.2, 0.25) is 0 Å². The summed E-state index contributed by atoms with van der Waals surface area (Å²) in [4.78, 5) is 41.6. The zero-order chi connectivity index (χ0) is 24.6. The van der Waals surface area contributed by atoms with E-state index in [2.05, 4.69) is 40.2 Å². The van der Waals surface area contributed by atoms with Crippen molar-refractivity contribution >= 4 is 26.8 Å². The summed E-state index contributed by atoms with van der Waals surface area (Å²) in [6.45, 7) is 1.75. The van der Waals surface area contributed by atoms with Gasteiger partial charge in [0.05, 0.1) is 41.9 Å². The van der Waals surface area contributed by atoms with Crippen molar-refractivity contribution in [3.8, 4) is 17.3 Å². The molecule has 13 heteroatoms. The Morgan fingerprint density at radius 2 is 1.94 bits per heavy atom. The molecule has 1 fully saturated rings. The van der Waals surface area contributed by atoms with Crippen molar-refractivity contribution in [2.24, 2.45) is 0 Å². The highest BCUT2D eigenvalue weighted by atomic mass is 32.2. The van der Waals surface area contributed by atoms with E-state index in [1.54, 1.807) is 13.0 Å². The second-order valence-electron chi connectivity index (χ2n) is 8.00. The maximum absolute atomic E-state index is 12.6. The molecule has 5 rings (SSSR count). The van der Waals surface area contributed by atoms with E-state index in [1.807, 2.05) is 0 Å². The Morgan fingerprint density at radius 3 is 2.63 bits per heavy atom. The number of aromatic nitrogens is 7. The highest BCUT2D eigenvalue weighted by molar-refractivity contribution is 7.91. The van der Waals surface area contributed by atoms with Gasteiger partial charge in [-0.25, -0.2) is 33.3 Å². The Balaban J connectivity index is 1.41. The number of rotatable bonds is 8. The van der Waals surface area contributed by atoms with Crippen molar-refractivity contribution in [2.75, 3.05) is 18.2 Å². The van der Waals surface area contributed by atoms with Crippen LogP contribution in [0.3, 0.4) is 0 Å². The summed E-state index contributed by atoms with van der Waals surface area (Å²) in [7, 11) is -1.80. The molecule has 4 aromatic rings. The van der Waals surface area contributed by atoms with Crippen molar-refractivity contribution in [3.05, 3.63) is 52.6 Å². The fraction of sp³-hybridized carbons (Fsp3) is 0.318. The quantitative estimate of drug-likeness (QED) is 0.367. The van der Waals surface area contributed by atoms with Crippen LogP contribution in [0, 0.1) is 0 Å². The molecule has 0 atom stereocenters. The number of fused-ring (bicyclic) bond motifs is 1. The molecule has 0 amide bonds. The van der Waals surface area contributed by atoms with Crippen molar-refractivity contribution < 1.29 is 13.2 Å². The number of ether oxygens (including phenoxy) is 1.